The fourth-order valence-electron chi connectivity index (χ4n) is 1.83. The highest BCUT2D eigenvalue weighted by molar-refractivity contribution is 9.10. The Kier molecular flexibility index (Phi) is 5.43. The Balaban J connectivity index is 2.24. The van der Waals surface area contributed by atoms with Crippen molar-refractivity contribution in [2.45, 2.75) is 0 Å². The second kappa shape index (κ2) is 7.51. The molecule has 2 aromatic carbocycles. The van der Waals surface area contributed by atoms with E-state index < -0.39 is 22.5 Å². The summed E-state index contributed by atoms with van der Waals surface area (Å²) in [7, 11) is 0. The van der Waals surface area contributed by atoms with Crippen molar-refractivity contribution < 1.29 is 19.6 Å². The van der Waals surface area contributed by atoms with Crippen LogP contribution >= 0.6 is 15.9 Å². The van der Waals surface area contributed by atoms with E-state index >= 15 is 0 Å². The molecule has 24 heavy (non-hydrogen) atoms. The molecule has 7 nitrogen and oxygen atoms in total. The molecular formula is C16H10BrN2O5-. The van der Waals surface area contributed by atoms with Gasteiger partial charge in [-0.15, -0.1) is 0 Å². The number of carboxylic acid groups (broad SMARTS) is 1. The van der Waals surface area contributed by atoms with Crippen LogP contribution in [0.25, 0.3) is 6.08 Å². The number of carboxylic acids is 1. The van der Waals surface area contributed by atoms with E-state index in [1.807, 2.05) is 0 Å². The van der Waals surface area contributed by atoms with Gasteiger partial charge in [-0.25, -0.2) is 0 Å². The van der Waals surface area contributed by atoms with Crippen molar-refractivity contribution in [2.75, 3.05) is 0 Å². The average molecular weight is 390 g/mol. The first-order chi connectivity index (χ1) is 11.4. The number of nitro benzene ring substituents is 1. The molecule has 0 fully saturated rings. The normalized spacial score (nSPS) is 11.0. The number of hydrogen-bond donors (Lipinski definition) is 1. The van der Waals surface area contributed by atoms with Crippen molar-refractivity contribution in [3.05, 3.63) is 79.9 Å². The van der Waals surface area contributed by atoms with E-state index in [9.17, 15) is 24.8 Å². The Labute approximate surface area is 144 Å². The molecule has 2 aromatic rings. The summed E-state index contributed by atoms with van der Waals surface area (Å²) in [6.07, 6.45) is 1.16. The summed E-state index contributed by atoms with van der Waals surface area (Å²) < 4.78 is 0.671. The predicted molar refractivity (Wildman–Crippen MR) is 87.7 cm³/mol. The summed E-state index contributed by atoms with van der Waals surface area (Å²) in [5.74, 6) is -2.19. The smallest absolute Gasteiger partial charge is 0.269 e. The van der Waals surface area contributed by atoms with Gasteiger partial charge in [0.15, 0.2) is 0 Å². The summed E-state index contributed by atoms with van der Waals surface area (Å²) in [4.78, 5) is 33.3. The van der Waals surface area contributed by atoms with Crippen molar-refractivity contribution in [2.24, 2.45) is 0 Å². The summed E-state index contributed by atoms with van der Waals surface area (Å²) in [5, 5.41) is 24.1. The zero-order valence-corrected chi connectivity index (χ0v) is 13.6. The van der Waals surface area contributed by atoms with Crippen molar-refractivity contribution in [1.82, 2.24) is 5.32 Å². The van der Waals surface area contributed by atoms with Crippen molar-refractivity contribution in [3.63, 3.8) is 0 Å². The minimum atomic E-state index is -1.57. The summed E-state index contributed by atoms with van der Waals surface area (Å²) in [6.45, 7) is 0. The maximum atomic E-state index is 12.1. The summed E-state index contributed by atoms with van der Waals surface area (Å²) in [6, 6.07) is 11.6. The average Bonchev–Trinajstić information content (AvgIpc) is 2.54. The number of nitrogens with zero attached hydrogens (tertiary/aromatic N) is 1. The molecule has 1 N–H and O–H groups in total. The van der Waals surface area contributed by atoms with E-state index in [1.54, 1.807) is 12.1 Å². The topological polar surface area (TPSA) is 112 Å². The Morgan fingerprint density at radius 2 is 1.79 bits per heavy atom. The van der Waals surface area contributed by atoms with Crippen LogP contribution in [0.5, 0.6) is 0 Å². The molecule has 122 valence electrons. The molecule has 8 heteroatoms. The van der Waals surface area contributed by atoms with Crippen LogP contribution in [0.4, 0.5) is 5.69 Å². The van der Waals surface area contributed by atoms with Gasteiger partial charge in [-0.2, -0.15) is 0 Å². The van der Waals surface area contributed by atoms with Gasteiger partial charge in [0.2, 0.25) is 0 Å². The van der Waals surface area contributed by atoms with Crippen molar-refractivity contribution >= 4 is 39.6 Å². The lowest BCUT2D eigenvalue weighted by Gasteiger charge is -2.11. The summed E-state index contributed by atoms with van der Waals surface area (Å²) >= 11 is 3.22. The van der Waals surface area contributed by atoms with Gasteiger partial charge in [0.25, 0.3) is 11.6 Å². The third kappa shape index (κ3) is 4.50. The number of hydrogen-bond acceptors (Lipinski definition) is 5. The van der Waals surface area contributed by atoms with Gasteiger partial charge in [-0.05, 0) is 42.0 Å². The third-order valence-corrected chi connectivity index (χ3v) is 3.46. The highest BCUT2D eigenvalue weighted by Crippen LogP contribution is 2.15. The van der Waals surface area contributed by atoms with Gasteiger partial charge >= 0.3 is 0 Å². The molecule has 0 atom stereocenters. The maximum absolute atomic E-state index is 12.1. The Bertz CT molecular complexity index is 831. The SMILES string of the molecule is O=C([O-])/C(=C\c1ccc([N+](=O)[O-])cc1)NC(=O)c1cccc(Br)c1. The zero-order valence-electron chi connectivity index (χ0n) is 12.1. The van der Waals surface area contributed by atoms with Crippen LogP contribution in [0.1, 0.15) is 15.9 Å². The number of nitrogens with one attached hydrogen (secondary N) is 1. The van der Waals surface area contributed by atoms with E-state index in [2.05, 4.69) is 21.2 Å². The number of carbonyl (C=O) groups is 2. The number of halogens is 1. The zero-order chi connectivity index (χ0) is 17.7. The van der Waals surface area contributed by atoms with Crippen LogP contribution in [0.2, 0.25) is 0 Å². The molecule has 0 aliphatic rings. The number of non-ortho nitro benzene ring substituents is 1. The van der Waals surface area contributed by atoms with E-state index in [1.165, 1.54) is 36.4 Å². The first-order valence-corrected chi connectivity index (χ1v) is 7.40. The van der Waals surface area contributed by atoms with Crippen LogP contribution in [-0.4, -0.2) is 16.8 Å². The molecule has 0 saturated carbocycles. The molecule has 0 heterocycles. The van der Waals surface area contributed by atoms with Crippen molar-refractivity contribution in [3.8, 4) is 0 Å². The minimum absolute atomic E-state index is 0.125. The molecule has 2 rings (SSSR count). The molecule has 1 amide bonds. The number of benzene rings is 2. The fraction of sp³-hybridized carbons (Fsp3) is 0. The van der Waals surface area contributed by atoms with Crippen LogP contribution < -0.4 is 10.4 Å². The molecule has 0 aliphatic heterocycles. The monoisotopic (exact) mass is 389 g/mol. The van der Waals surface area contributed by atoms with Crippen LogP contribution in [-0.2, 0) is 4.79 Å². The van der Waals surface area contributed by atoms with E-state index in [0.29, 0.717) is 10.0 Å². The van der Waals surface area contributed by atoms with Gasteiger partial charge in [0, 0.05) is 22.2 Å². The van der Waals surface area contributed by atoms with Gasteiger partial charge in [0.05, 0.1) is 16.6 Å². The van der Waals surface area contributed by atoms with Crippen LogP contribution in [0, 0.1) is 10.1 Å². The number of nitro groups is 1. The molecule has 0 unspecified atom stereocenters. The lowest BCUT2D eigenvalue weighted by atomic mass is 10.1. The quantitative estimate of drug-likeness (QED) is 0.476. The molecule has 0 aliphatic carbocycles. The van der Waals surface area contributed by atoms with Gasteiger partial charge in [0.1, 0.15) is 0 Å². The Morgan fingerprint density at radius 3 is 2.33 bits per heavy atom. The van der Waals surface area contributed by atoms with Crippen molar-refractivity contribution in [1.29, 1.82) is 0 Å². The lowest BCUT2D eigenvalue weighted by molar-refractivity contribution is -0.384. The number of amides is 1. The van der Waals surface area contributed by atoms with E-state index in [0.717, 1.165) is 6.08 Å². The van der Waals surface area contributed by atoms with Gasteiger partial charge in [-0.3, -0.25) is 14.9 Å². The molecule has 0 bridgehead atoms. The van der Waals surface area contributed by atoms with Crippen LogP contribution in [0.15, 0.2) is 58.7 Å². The molecule has 0 saturated heterocycles. The van der Waals surface area contributed by atoms with Gasteiger partial charge in [-0.1, -0.05) is 22.0 Å². The highest BCUT2D eigenvalue weighted by Gasteiger charge is 2.10. The fourth-order valence-corrected chi connectivity index (χ4v) is 2.23. The molecule has 0 spiro atoms. The maximum Gasteiger partial charge on any atom is 0.269 e. The Morgan fingerprint density at radius 1 is 1.12 bits per heavy atom. The first kappa shape index (κ1) is 17.4. The third-order valence-electron chi connectivity index (χ3n) is 2.97. The standard InChI is InChI=1S/C16H11BrN2O5/c17-12-3-1-2-11(9-12)15(20)18-14(16(21)22)8-10-4-6-13(7-5-10)19(23)24/h1-9H,(H,18,20)(H,21,22)/p-1/b14-8+. The minimum Gasteiger partial charge on any atom is -0.543 e. The van der Waals surface area contributed by atoms with E-state index in [4.69, 9.17) is 0 Å². The second-order valence-electron chi connectivity index (χ2n) is 4.66. The van der Waals surface area contributed by atoms with Crippen LogP contribution in [0.3, 0.4) is 0 Å². The lowest BCUT2D eigenvalue weighted by Crippen LogP contribution is -2.35. The number of aliphatic carboxylic acids is 1. The van der Waals surface area contributed by atoms with Gasteiger partial charge < -0.3 is 15.2 Å². The molecule has 0 radical (unpaired) electrons. The number of carbonyl (C=O) groups excluding carboxylic acids is 2. The Hall–Kier alpha value is -3.00. The highest BCUT2D eigenvalue weighted by atomic mass is 79.9. The largest absolute Gasteiger partial charge is 0.543 e. The van der Waals surface area contributed by atoms with E-state index in [-0.39, 0.29) is 11.3 Å². The summed E-state index contributed by atoms with van der Waals surface area (Å²) in [5.41, 5.74) is 0.0590. The predicted octanol–water partition coefficient (Wildman–Crippen LogP) is 1.88. The molecular weight excluding hydrogens is 380 g/mol. The number of rotatable bonds is 5. The first-order valence-electron chi connectivity index (χ1n) is 6.61. The molecule has 0 aromatic heterocycles. The second-order valence-corrected chi connectivity index (χ2v) is 5.57.